The van der Waals surface area contributed by atoms with Crippen molar-refractivity contribution in [2.45, 2.75) is 51.6 Å². The van der Waals surface area contributed by atoms with Gasteiger partial charge in [0.1, 0.15) is 12.6 Å². The molecule has 7 nitrogen and oxygen atoms in total. The van der Waals surface area contributed by atoms with E-state index in [0.29, 0.717) is 29.2 Å². The molecule has 0 saturated carbocycles. The first-order chi connectivity index (χ1) is 18.1. The lowest BCUT2D eigenvalue weighted by atomic mass is 10.1. The van der Waals surface area contributed by atoms with Crippen molar-refractivity contribution in [3.63, 3.8) is 0 Å². The summed E-state index contributed by atoms with van der Waals surface area (Å²) in [7, 11) is -4.14. The molecule has 0 spiro atoms. The minimum Gasteiger partial charge on any atom is -0.355 e. The van der Waals surface area contributed by atoms with E-state index in [1.165, 1.54) is 29.2 Å². The van der Waals surface area contributed by atoms with Crippen molar-refractivity contribution < 1.29 is 18.0 Å². The van der Waals surface area contributed by atoms with Gasteiger partial charge < -0.3 is 10.2 Å². The lowest BCUT2D eigenvalue weighted by Gasteiger charge is -2.33. The van der Waals surface area contributed by atoms with Gasteiger partial charge in [-0.05, 0) is 68.7 Å². The highest BCUT2D eigenvalue weighted by Crippen LogP contribution is 2.28. The first kappa shape index (κ1) is 29.2. The molecule has 0 aromatic heterocycles. The van der Waals surface area contributed by atoms with Gasteiger partial charge in [-0.15, -0.1) is 0 Å². The molecule has 1 atom stereocenters. The lowest BCUT2D eigenvalue weighted by molar-refractivity contribution is -0.140. The zero-order valence-corrected chi connectivity index (χ0v) is 23.7. The number of likely N-dealkylation sites (N-methyl/N-ethyl adjacent to an activating group) is 1. The summed E-state index contributed by atoms with van der Waals surface area (Å²) in [5.41, 5.74) is 2.99. The predicted octanol–water partition coefficient (Wildman–Crippen LogP) is 5.10. The second-order valence-corrected chi connectivity index (χ2v) is 11.4. The van der Waals surface area contributed by atoms with Crippen molar-refractivity contribution in [1.82, 2.24) is 10.2 Å². The van der Waals surface area contributed by atoms with Crippen LogP contribution in [0.15, 0.2) is 77.7 Å². The molecule has 0 bridgehead atoms. The third-order valence-electron chi connectivity index (χ3n) is 6.28. The average molecular weight is 556 g/mol. The van der Waals surface area contributed by atoms with Crippen LogP contribution in [-0.4, -0.2) is 44.3 Å². The minimum atomic E-state index is -4.14. The Morgan fingerprint density at radius 2 is 1.55 bits per heavy atom. The standard InChI is InChI=1S/C29H34ClN3O4S/c1-5-26(29(35)31-6-2)32(19-23-13-11-21(3)12-14-23)28(34)20-33(27-10-8-7-9-22(27)4)38(36,37)25-17-15-24(30)16-18-25/h7-18,26H,5-6,19-20H2,1-4H3,(H,31,35). The number of para-hydroxylation sites is 1. The molecule has 0 fully saturated rings. The summed E-state index contributed by atoms with van der Waals surface area (Å²) < 4.78 is 28.8. The number of halogens is 1. The summed E-state index contributed by atoms with van der Waals surface area (Å²) in [6, 6.07) is 19.8. The van der Waals surface area contributed by atoms with Crippen LogP contribution in [0.5, 0.6) is 0 Å². The van der Waals surface area contributed by atoms with Gasteiger partial charge >= 0.3 is 0 Å². The maximum atomic E-state index is 14.0. The number of rotatable bonds is 11. The number of nitrogens with one attached hydrogen (secondary N) is 1. The molecule has 1 N–H and O–H groups in total. The molecular formula is C29H34ClN3O4S. The molecule has 0 saturated heterocycles. The number of nitrogens with zero attached hydrogens (tertiary/aromatic N) is 2. The molecule has 202 valence electrons. The van der Waals surface area contributed by atoms with Crippen LogP contribution in [0.25, 0.3) is 0 Å². The first-order valence-electron chi connectivity index (χ1n) is 12.5. The topological polar surface area (TPSA) is 86.8 Å². The van der Waals surface area contributed by atoms with Crippen molar-refractivity contribution in [1.29, 1.82) is 0 Å². The SMILES string of the molecule is CCNC(=O)C(CC)N(Cc1ccc(C)cc1)C(=O)CN(c1ccccc1C)S(=O)(=O)c1ccc(Cl)cc1. The molecule has 2 amide bonds. The van der Waals surface area contributed by atoms with E-state index in [9.17, 15) is 18.0 Å². The Kier molecular flexibility index (Phi) is 9.94. The molecule has 0 aliphatic carbocycles. The maximum absolute atomic E-state index is 14.0. The summed E-state index contributed by atoms with van der Waals surface area (Å²) >= 11 is 6.00. The van der Waals surface area contributed by atoms with Gasteiger partial charge in [-0.2, -0.15) is 0 Å². The monoisotopic (exact) mass is 555 g/mol. The molecule has 0 aliphatic heterocycles. The highest BCUT2D eigenvalue weighted by atomic mass is 35.5. The molecular weight excluding hydrogens is 522 g/mol. The smallest absolute Gasteiger partial charge is 0.264 e. The van der Waals surface area contributed by atoms with Crippen molar-refractivity contribution in [3.8, 4) is 0 Å². The normalized spacial score (nSPS) is 12.0. The number of amides is 2. The van der Waals surface area contributed by atoms with Gasteiger partial charge in [0.25, 0.3) is 10.0 Å². The number of hydrogen-bond acceptors (Lipinski definition) is 4. The number of anilines is 1. The number of sulfonamides is 1. The third-order valence-corrected chi connectivity index (χ3v) is 8.30. The first-order valence-corrected chi connectivity index (χ1v) is 14.4. The zero-order valence-electron chi connectivity index (χ0n) is 22.1. The predicted molar refractivity (Wildman–Crippen MR) is 152 cm³/mol. The van der Waals surface area contributed by atoms with E-state index in [1.54, 1.807) is 31.2 Å². The number of benzene rings is 3. The minimum absolute atomic E-state index is 0.0128. The zero-order chi connectivity index (χ0) is 27.9. The Morgan fingerprint density at radius 3 is 2.13 bits per heavy atom. The summed E-state index contributed by atoms with van der Waals surface area (Å²) in [5.74, 6) is -0.761. The molecule has 38 heavy (non-hydrogen) atoms. The fraction of sp³-hybridized carbons (Fsp3) is 0.310. The van der Waals surface area contributed by atoms with E-state index in [2.05, 4.69) is 5.32 Å². The van der Waals surface area contributed by atoms with Gasteiger partial charge in [0.15, 0.2) is 0 Å². The van der Waals surface area contributed by atoms with Crippen LogP contribution in [0, 0.1) is 13.8 Å². The third kappa shape index (κ3) is 6.94. The van der Waals surface area contributed by atoms with E-state index in [4.69, 9.17) is 11.6 Å². The van der Waals surface area contributed by atoms with Crippen molar-refractivity contribution in [2.75, 3.05) is 17.4 Å². The molecule has 9 heteroatoms. The van der Waals surface area contributed by atoms with Crippen LogP contribution < -0.4 is 9.62 Å². The maximum Gasteiger partial charge on any atom is 0.264 e. The molecule has 1 unspecified atom stereocenters. The van der Waals surface area contributed by atoms with E-state index < -0.39 is 28.5 Å². The van der Waals surface area contributed by atoms with Gasteiger partial charge in [-0.3, -0.25) is 13.9 Å². The van der Waals surface area contributed by atoms with Crippen LogP contribution in [-0.2, 0) is 26.2 Å². The van der Waals surface area contributed by atoms with Crippen molar-refractivity contribution in [2.24, 2.45) is 0 Å². The fourth-order valence-corrected chi connectivity index (χ4v) is 5.80. The largest absolute Gasteiger partial charge is 0.355 e. The number of aryl methyl sites for hydroxylation is 2. The van der Waals surface area contributed by atoms with E-state index in [0.717, 1.165) is 15.4 Å². The quantitative estimate of drug-likeness (QED) is 0.357. The van der Waals surface area contributed by atoms with Gasteiger partial charge in [0, 0.05) is 18.1 Å². The molecule has 3 rings (SSSR count). The van der Waals surface area contributed by atoms with Crippen LogP contribution in [0.3, 0.4) is 0 Å². The van der Waals surface area contributed by atoms with Crippen LogP contribution in [0.1, 0.15) is 37.0 Å². The highest BCUT2D eigenvalue weighted by Gasteiger charge is 2.34. The summed E-state index contributed by atoms with van der Waals surface area (Å²) in [5, 5.41) is 3.21. The van der Waals surface area contributed by atoms with Gasteiger partial charge in [0.2, 0.25) is 11.8 Å². The Balaban J connectivity index is 2.06. The lowest BCUT2D eigenvalue weighted by Crippen LogP contribution is -2.52. The highest BCUT2D eigenvalue weighted by molar-refractivity contribution is 7.92. The Bertz CT molecular complexity index is 1360. The number of hydrogen-bond donors (Lipinski definition) is 1. The molecule has 0 aliphatic rings. The number of carbonyl (C=O) groups excluding carboxylic acids is 2. The molecule has 3 aromatic carbocycles. The van der Waals surface area contributed by atoms with Gasteiger partial charge in [-0.25, -0.2) is 8.42 Å². The van der Waals surface area contributed by atoms with Crippen LogP contribution >= 0.6 is 11.6 Å². The molecule has 3 aromatic rings. The second-order valence-electron chi connectivity index (χ2n) is 9.08. The Labute approximate surface area is 230 Å². The summed E-state index contributed by atoms with van der Waals surface area (Å²) in [6.07, 6.45) is 0.373. The van der Waals surface area contributed by atoms with Gasteiger partial charge in [-0.1, -0.05) is 66.6 Å². The van der Waals surface area contributed by atoms with Crippen LogP contribution in [0.4, 0.5) is 5.69 Å². The van der Waals surface area contributed by atoms with E-state index >= 15 is 0 Å². The molecule has 0 radical (unpaired) electrons. The van der Waals surface area contributed by atoms with Crippen LogP contribution in [0.2, 0.25) is 5.02 Å². The van der Waals surface area contributed by atoms with Gasteiger partial charge in [0.05, 0.1) is 10.6 Å². The number of carbonyl (C=O) groups is 2. The van der Waals surface area contributed by atoms with E-state index in [1.807, 2.05) is 45.0 Å². The Hall–Kier alpha value is -3.36. The molecule has 0 heterocycles. The average Bonchev–Trinajstić information content (AvgIpc) is 2.89. The Morgan fingerprint density at radius 1 is 0.921 bits per heavy atom. The summed E-state index contributed by atoms with van der Waals surface area (Å²) in [4.78, 5) is 28.4. The van der Waals surface area contributed by atoms with Crippen molar-refractivity contribution in [3.05, 3.63) is 94.5 Å². The fourth-order valence-electron chi connectivity index (χ4n) is 4.19. The summed E-state index contributed by atoms with van der Waals surface area (Å²) in [6.45, 7) is 7.51. The van der Waals surface area contributed by atoms with Crippen molar-refractivity contribution >= 4 is 39.1 Å². The second kappa shape index (κ2) is 12.9. The van der Waals surface area contributed by atoms with E-state index in [-0.39, 0.29) is 17.3 Å².